The Morgan fingerprint density at radius 1 is 1.23 bits per heavy atom. The lowest BCUT2D eigenvalue weighted by atomic mass is 10.1. The van der Waals surface area contributed by atoms with Crippen molar-refractivity contribution in [3.05, 3.63) is 51.3 Å². The molecule has 7 nitrogen and oxygen atoms in total. The summed E-state index contributed by atoms with van der Waals surface area (Å²) in [4.78, 5) is 18.0. The van der Waals surface area contributed by atoms with Crippen molar-refractivity contribution in [2.45, 2.75) is 38.1 Å². The molecule has 3 aromatic rings. The number of benzene rings is 1. The van der Waals surface area contributed by atoms with Gasteiger partial charge in [-0.25, -0.2) is 22.9 Å². The third-order valence-corrected chi connectivity index (χ3v) is 8.30. The maximum Gasteiger partial charge on any atom is 0.344 e. The Balaban J connectivity index is 1.62. The number of sulfone groups is 1. The Bertz CT molecular complexity index is 1330. The lowest BCUT2D eigenvalue weighted by molar-refractivity contribution is 0.0736. The Labute approximate surface area is 189 Å². The number of rotatable bonds is 4. The van der Waals surface area contributed by atoms with Crippen molar-refractivity contribution in [3.8, 4) is 5.75 Å². The number of carbonyl (C=O) groups is 1. The number of fused-ring (bicyclic) bond motifs is 1. The molecule has 0 spiro atoms. The molecule has 3 heterocycles. The zero-order valence-electron chi connectivity index (χ0n) is 16.6. The van der Waals surface area contributed by atoms with Crippen LogP contribution in [0.3, 0.4) is 0 Å². The zero-order chi connectivity index (χ0) is 21.9. The molecule has 2 fully saturated rings. The molecule has 1 saturated heterocycles. The molecule has 1 aliphatic carbocycles. The van der Waals surface area contributed by atoms with E-state index in [9.17, 15) is 13.2 Å². The number of nitrogens with zero attached hydrogens (tertiary/aromatic N) is 3. The molecular formula is C21H19Cl2N3O4S. The lowest BCUT2D eigenvalue weighted by Crippen LogP contribution is -2.14. The number of ether oxygens (including phenoxy) is 1. The third-order valence-electron chi connectivity index (χ3n) is 5.75. The summed E-state index contributed by atoms with van der Waals surface area (Å²) in [6.45, 7) is 1.78. The predicted octanol–water partition coefficient (Wildman–Crippen LogP) is 4.50. The molecule has 1 atom stereocenters. The molecule has 0 bridgehead atoms. The van der Waals surface area contributed by atoms with Crippen LogP contribution in [0.15, 0.2) is 24.3 Å². The molecule has 5 rings (SSSR count). The van der Waals surface area contributed by atoms with Gasteiger partial charge in [-0.2, -0.15) is 5.10 Å². The monoisotopic (exact) mass is 479 g/mol. The minimum Gasteiger partial charge on any atom is -0.421 e. The SMILES string of the molecule is Cc1nn([C@H]2CCS(=O)(=O)C2)c2nc(C3CC3)cc(C(=O)Oc3cccc(Cl)c3Cl)c12. The standard InChI is InChI=1S/C21H19Cl2N3O4S/c1-11-18-14(21(27)30-17-4-2-3-15(22)19(17)23)9-16(12-5-6-12)24-20(18)26(25-11)13-7-8-31(28,29)10-13/h2-4,9,12-13H,5-8,10H2,1H3/t13-/m0/s1. The molecule has 0 unspecified atom stereocenters. The highest BCUT2D eigenvalue weighted by Gasteiger charge is 2.34. The van der Waals surface area contributed by atoms with Gasteiger partial charge in [-0.3, -0.25) is 0 Å². The third kappa shape index (κ3) is 3.81. The van der Waals surface area contributed by atoms with Crippen LogP contribution in [0.1, 0.15) is 53.0 Å². The van der Waals surface area contributed by atoms with Crippen molar-refractivity contribution in [3.63, 3.8) is 0 Å². The zero-order valence-corrected chi connectivity index (χ0v) is 19.0. The number of esters is 1. The average Bonchev–Trinajstić information content (AvgIpc) is 3.44. The number of hydrogen-bond acceptors (Lipinski definition) is 6. The number of pyridine rings is 1. The van der Waals surface area contributed by atoms with E-state index in [0.29, 0.717) is 28.7 Å². The maximum absolute atomic E-state index is 13.2. The molecule has 0 amide bonds. The summed E-state index contributed by atoms with van der Waals surface area (Å²) in [6.07, 6.45) is 2.47. The first-order valence-corrected chi connectivity index (χ1v) is 12.6. The molecule has 1 saturated carbocycles. The summed E-state index contributed by atoms with van der Waals surface area (Å²) < 4.78 is 31.3. The molecule has 2 aromatic heterocycles. The highest BCUT2D eigenvalue weighted by Crippen LogP contribution is 2.41. The van der Waals surface area contributed by atoms with Crippen LogP contribution in [0.5, 0.6) is 5.75 Å². The fraction of sp³-hybridized carbons (Fsp3) is 0.381. The van der Waals surface area contributed by atoms with E-state index in [4.69, 9.17) is 32.9 Å². The fourth-order valence-electron chi connectivity index (χ4n) is 4.02. The summed E-state index contributed by atoms with van der Waals surface area (Å²) >= 11 is 12.2. The highest BCUT2D eigenvalue weighted by atomic mass is 35.5. The van der Waals surface area contributed by atoms with E-state index in [0.717, 1.165) is 18.5 Å². The summed E-state index contributed by atoms with van der Waals surface area (Å²) in [7, 11) is -3.10. The maximum atomic E-state index is 13.2. The van der Waals surface area contributed by atoms with E-state index >= 15 is 0 Å². The first-order valence-electron chi connectivity index (χ1n) is 10.00. The Kier molecular flexibility index (Phi) is 4.99. The molecule has 162 valence electrons. The summed E-state index contributed by atoms with van der Waals surface area (Å²) in [5, 5.41) is 5.59. The first kappa shape index (κ1) is 20.7. The number of hydrogen-bond donors (Lipinski definition) is 0. The topological polar surface area (TPSA) is 91.1 Å². The van der Waals surface area contributed by atoms with Gasteiger partial charge in [0.25, 0.3) is 0 Å². The van der Waals surface area contributed by atoms with Crippen molar-refractivity contribution in [2.24, 2.45) is 0 Å². The molecule has 0 N–H and O–H groups in total. The Morgan fingerprint density at radius 2 is 2.00 bits per heavy atom. The molecule has 1 aliphatic heterocycles. The summed E-state index contributed by atoms with van der Waals surface area (Å²) in [5.41, 5.74) is 2.25. The smallest absolute Gasteiger partial charge is 0.344 e. The second-order valence-electron chi connectivity index (χ2n) is 8.10. The summed E-state index contributed by atoms with van der Waals surface area (Å²) in [5.74, 6) is 0.0183. The number of halogens is 2. The Hall–Kier alpha value is -2.16. The van der Waals surface area contributed by atoms with Crippen LogP contribution in [0.4, 0.5) is 0 Å². The highest BCUT2D eigenvalue weighted by molar-refractivity contribution is 7.91. The van der Waals surface area contributed by atoms with Gasteiger partial charge in [0.1, 0.15) is 5.02 Å². The van der Waals surface area contributed by atoms with E-state index < -0.39 is 15.8 Å². The van der Waals surface area contributed by atoms with Gasteiger partial charge in [-0.05, 0) is 44.4 Å². The van der Waals surface area contributed by atoms with Gasteiger partial charge < -0.3 is 4.74 Å². The van der Waals surface area contributed by atoms with Crippen molar-refractivity contribution >= 4 is 50.0 Å². The second kappa shape index (κ2) is 7.46. The predicted molar refractivity (Wildman–Crippen MR) is 118 cm³/mol. The first-order chi connectivity index (χ1) is 14.7. The molecule has 10 heteroatoms. The van der Waals surface area contributed by atoms with Gasteiger partial charge in [0.15, 0.2) is 21.2 Å². The number of carbonyl (C=O) groups excluding carboxylic acids is 1. The van der Waals surface area contributed by atoms with Crippen LogP contribution in [-0.2, 0) is 9.84 Å². The van der Waals surface area contributed by atoms with Crippen molar-refractivity contribution in [2.75, 3.05) is 11.5 Å². The lowest BCUT2D eigenvalue weighted by Gasteiger charge is -2.12. The minimum absolute atomic E-state index is 0.0243. The van der Waals surface area contributed by atoms with Gasteiger partial charge in [0.05, 0.1) is 39.2 Å². The van der Waals surface area contributed by atoms with Crippen LogP contribution >= 0.6 is 23.2 Å². The molecule has 31 heavy (non-hydrogen) atoms. The van der Waals surface area contributed by atoms with Crippen LogP contribution < -0.4 is 4.74 Å². The number of aryl methyl sites for hydroxylation is 1. The fourth-order valence-corrected chi connectivity index (χ4v) is 6.04. The van der Waals surface area contributed by atoms with E-state index in [1.807, 2.05) is 0 Å². The molecule has 0 radical (unpaired) electrons. The largest absolute Gasteiger partial charge is 0.421 e. The van der Waals surface area contributed by atoms with Crippen LogP contribution in [0.2, 0.25) is 10.0 Å². The molecule has 1 aromatic carbocycles. The average molecular weight is 480 g/mol. The van der Waals surface area contributed by atoms with Gasteiger partial charge >= 0.3 is 5.97 Å². The normalized spacial score (nSPS) is 20.3. The van der Waals surface area contributed by atoms with Crippen molar-refractivity contribution < 1.29 is 17.9 Å². The van der Waals surface area contributed by atoms with Crippen LogP contribution in [-0.4, -0.2) is 40.7 Å². The molecule has 2 aliphatic rings. The second-order valence-corrected chi connectivity index (χ2v) is 11.1. The van der Waals surface area contributed by atoms with Crippen molar-refractivity contribution in [1.82, 2.24) is 14.8 Å². The minimum atomic E-state index is -3.10. The molecular weight excluding hydrogens is 461 g/mol. The van der Waals surface area contributed by atoms with E-state index in [1.54, 1.807) is 35.9 Å². The van der Waals surface area contributed by atoms with E-state index in [2.05, 4.69) is 5.10 Å². The number of aromatic nitrogens is 3. The quantitative estimate of drug-likeness (QED) is 0.403. The van der Waals surface area contributed by atoms with E-state index in [-0.39, 0.29) is 39.3 Å². The van der Waals surface area contributed by atoms with Gasteiger partial charge in [0.2, 0.25) is 0 Å². The van der Waals surface area contributed by atoms with Gasteiger partial charge in [-0.15, -0.1) is 0 Å². The Morgan fingerprint density at radius 3 is 2.68 bits per heavy atom. The van der Waals surface area contributed by atoms with Crippen LogP contribution in [0.25, 0.3) is 11.0 Å². The van der Waals surface area contributed by atoms with Crippen LogP contribution in [0, 0.1) is 6.92 Å². The summed E-state index contributed by atoms with van der Waals surface area (Å²) in [6, 6.07) is 6.30. The van der Waals surface area contributed by atoms with E-state index in [1.165, 1.54) is 0 Å². The van der Waals surface area contributed by atoms with Gasteiger partial charge in [-0.1, -0.05) is 29.3 Å². The van der Waals surface area contributed by atoms with Gasteiger partial charge in [0, 0.05) is 11.6 Å². The van der Waals surface area contributed by atoms with Crippen molar-refractivity contribution in [1.29, 1.82) is 0 Å².